The van der Waals surface area contributed by atoms with Gasteiger partial charge in [0.05, 0.1) is 5.40 Å². The molecule has 0 radical (unpaired) electrons. The van der Waals surface area contributed by atoms with Crippen LogP contribution in [-0.2, 0) is 4.57 Å². The first-order chi connectivity index (χ1) is 16.8. The normalized spacial score (nSPS) is 12.4. The van der Waals surface area contributed by atoms with Gasteiger partial charge in [-0.15, -0.1) is 0 Å². The second-order valence-corrected chi connectivity index (χ2v) is 13.7. The highest BCUT2D eigenvalue weighted by Crippen LogP contribution is 2.70. The number of hydrogen-bond donors (Lipinski definition) is 0. The molecule has 5 aromatic rings. The molecule has 0 amide bonds. The summed E-state index contributed by atoms with van der Waals surface area (Å²) in [4.78, 5) is 0. The van der Waals surface area contributed by atoms with Gasteiger partial charge in [0.1, 0.15) is 0 Å². The van der Waals surface area contributed by atoms with E-state index in [9.17, 15) is 0 Å². The average Bonchev–Trinajstić information content (AvgIpc) is 2.93. The fraction of sp³-hybridized carbons (Fsp3) is 0.0323. The van der Waals surface area contributed by atoms with E-state index in [4.69, 9.17) is 0 Å². The number of benzene rings is 5. The number of rotatable bonds is 7. The predicted octanol–water partition coefficient (Wildman–Crippen LogP) is 6.83. The van der Waals surface area contributed by atoms with Gasteiger partial charge in [0.2, 0.25) is 0 Å². The lowest BCUT2D eigenvalue weighted by Gasteiger charge is -2.36. The Kier molecular flexibility index (Phi) is 6.87. The van der Waals surface area contributed by atoms with E-state index in [1.54, 1.807) is 0 Å². The van der Waals surface area contributed by atoms with Crippen molar-refractivity contribution in [1.29, 1.82) is 0 Å². The topological polar surface area (TPSA) is 17.1 Å². The van der Waals surface area contributed by atoms with Crippen molar-refractivity contribution in [2.45, 2.75) is 5.40 Å². The third-order valence-electron chi connectivity index (χ3n) is 6.03. The predicted molar refractivity (Wildman–Crippen MR) is 148 cm³/mol. The van der Waals surface area contributed by atoms with Crippen molar-refractivity contribution in [3.8, 4) is 0 Å². The quantitative estimate of drug-likeness (QED) is 0.235. The molecule has 0 aliphatic carbocycles. The summed E-state index contributed by atoms with van der Waals surface area (Å²) < 4.78 is 15.7. The Bertz CT molecular complexity index is 1270. The molecule has 0 spiro atoms. The van der Waals surface area contributed by atoms with Crippen molar-refractivity contribution in [1.82, 2.24) is 0 Å². The lowest BCUT2D eigenvalue weighted by molar-refractivity contribution is 0.585. The van der Waals surface area contributed by atoms with E-state index in [1.165, 1.54) is 10.6 Å². The summed E-state index contributed by atoms with van der Waals surface area (Å²) in [5.41, 5.74) is 1.11. The molecule has 166 valence electrons. The molecule has 0 saturated heterocycles. The highest BCUT2D eigenvalue weighted by atomic mass is 31.2. The minimum absolute atomic E-state index is 0.210. The molecule has 0 aliphatic rings. The van der Waals surface area contributed by atoms with Crippen LogP contribution in [0.25, 0.3) is 0 Å². The highest BCUT2D eigenvalue weighted by molar-refractivity contribution is 7.92. The molecule has 0 N–H and O–H groups in total. The second kappa shape index (κ2) is 10.4. The Hall–Kier alpha value is -3.24. The van der Waals surface area contributed by atoms with Crippen LogP contribution in [0, 0.1) is 0 Å². The fourth-order valence-electron chi connectivity index (χ4n) is 4.49. The van der Waals surface area contributed by atoms with Crippen LogP contribution >= 0.6 is 15.1 Å². The van der Waals surface area contributed by atoms with Gasteiger partial charge >= 0.3 is 0 Å². The van der Waals surface area contributed by atoms with Crippen LogP contribution in [0.1, 0.15) is 11.0 Å². The van der Waals surface area contributed by atoms with Crippen LogP contribution in [0.5, 0.6) is 0 Å². The first-order valence-electron chi connectivity index (χ1n) is 11.4. The Balaban J connectivity index is 1.85. The van der Waals surface area contributed by atoms with Gasteiger partial charge in [0, 0.05) is 10.6 Å². The van der Waals surface area contributed by atoms with Crippen molar-refractivity contribution in [3.63, 3.8) is 0 Å². The fourth-order valence-corrected chi connectivity index (χ4v) is 12.4. The van der Waals surface area contributed by atoms with Gasteiger partial charge < -0.3 is 4.57 Å². The van der Waals surface area contributed by atoms with Gasteiger partial charge in [-0.2, -0.15) is 0 Å². The van der Waals surface area contributed by atoms with Crippen molar-refractivity contribution >= 4 is 36.3 Å². The Morgan fingerprint density at radius 1 is 0.441 bits per heavy atom. The molecule has 0 saturated carbocycles. The Labute approximate surface area is 203 Å². The molecule has 5 aromatic carbocycles. The minimum atomic E-state index is -3.11. The lowest BCUT2D eigenvalue weighted by atomic mass is 10.2. The van der Waals surface area contributed by atoms with Crippen LogP contribution in [0.4, 0.5) is 0 Å². The zero-order chi connectivity index (χ0) is 23.2. The molecule has 1 nitrogen and oxygen atoms in total. The molecule has 3 heteroatoms. The second-order valence-electron chi connectivity index (χ2n) is 8.15. The largest absolute Gasteiger partial charge is 0.313 e. The van der Waals surface area contributed by atoms with Crippen molar-refractivity contribution in [2.75, 3.05) is 0 Å². The summed E-state index contributed by atoms with van der Waals surface area (Å²) in [7, 11) is -4.10. The summed E-state index contributed by atoms with van der Waals surface area (Å²) in [5.74, 6) is 0. The number of hydrogen-bond acceptors (Lipinski definition) is 1. The molecule has 0 heterocycles. The van der Waals surface area contributed by atoms with Crippen LogP contribution in [0.2, 0.25) is 0 Å². The van der Waals surface area contributed by atoms with E-state index in [0.717, 1.165) is 16.2 Å². The molecule has 0 aromatic heterocycles. The van der Waals surface area contributed by atoms with Crippen LogP contribution in [0.15, 0.2) is 152 Å². The molecule has 34 heavy (non-hydrogen) atoms. The van der Waals surface area contributed by atoms with Gasteiger partial charge in [-0.1, -0.05) is 152 Å². The molecule has 0 aliphatic heterocycles. The standard InChI is InChI=1S/C31H26OP2/c32-34(29-22-12-4-13-23-29,30-24-14-5-15-25-30)31(26-16-6-1-7-17-26)33(27-18-8-2-9-19-27)28-20-10-3-11-21-28/h1-25,31H. The Morgan fingerprint density at radius 2 is 0.765 bits per heavy atom. The van der Waals surface area contributed by atoms with Crippen LogP contribution in [0.3, 0.4) is 0 Å². The van der Waals surface area contributed by atoms with E-state index in [0.29, 0.717) is 0 Å². The molecular weight excluding hydrogens is 450 g/mol. The molecule has 1 atom stereocenters. The van der Waals surface area contributed by atoms with Gasteiger partial charge in [0.25, 0.3) is 0 Å². The first-order valence-corrected chi connectivity index (χ1v) is 14.6. The molecule has 5 rings (SSSR count). The minimum Gasteiger partial charge on any atom is -0.313 e. The van der Waals surface area contributed by atoms with Crippen molar-refractivity contribution in [3.05, 3.63) is 157 Å². The highest BCUT2D eigenvalue weighted by Gasteiger charge is 2.43. The van der Waals surface area contributed by atoms with Crippen molar-refractivity contribution in [2.24, 2.45) is 0 Å². The summed E-state index contributed by atoms with van der Waals surface area (Å²) in [5, 5.41) is 4.04. The third-order valence-corrected chi connectivity index (χ3v) is 13.3. The summed E-state index contributed by atoms with van der Waals surface area (Å²) >= 11 is 0. The van der Waals surface area contributed by atoms with E-state index in [1.807, 2.05) is 78.9 Å². The monoisotopic (exact) mass is 476 g/mol. The summed E-state index contributed by atoms with van der Waals surface area (Å²) in [6.45, 7) is 0. The van der Waals surface area contributed by atoms with Crippen molar-refractivity contribution < 1.29 is 4.57 Å². The van der Waals surface area contributed by atoms with E-state index < -0.39 is 15.1 Å². The SMILES string of the molecule is O=P(c1ccccc1)(c1ccccc1)C(c1ccccc1)P(c1ccccc1)c1ccccc1. The van der Waals surface area contributed by atoms with Crippen LogP contribution < -0.4 is 21.2 Å². The van der Waals surface area contributed by atoms with E-state index in [-0.39, 0.29) is 5.40 Å². The maximum atomic E-state index is 15.7. The zero-order valence-electron chi connectivity index (χ0n) is 18.8. The van der Waals surface area contributed by atoms with Gasteiger partial charge in [0.15, 0.2) is 7.14 Å². The summed E-state index contributed by atoms with van der Waals surface area (Å²) in [6, 6.07) is 51.8. The maximum absolute atomic E-state index is 15.7. The molecule has 0 fully saturated rings. The molecular formula is C31H26OP2. The lowest BCUT2D eigenvalue weighted by Crippen LogP contribution is -2.26. The van der Waals surface area contributed by atoms with Gasteiger partial charge in [-0.25, -0.2) is 0 Å². The van der Waals surface area contributed by atoms with E-state index >= 15 is 4.57 Å². The van der Waals surface area contributed by atoms with Crippen LogP contribution in [-0.4, -0.2) is 0 Å². The van der Waals surface area contributed by atoms with Gasteiger partial charge in [-0.05, 0) is 24.1 Å². The molecule has 1 unspecified atom stereocenters. The molecule has 0 bridgehead atoms. The average molecular weight is 476 g/mol. The zero-order valence-corrected chi connectivity index (χ0v) is 20.6. The third kappa shape index (κ3) is 4.43. The first kappa shape index (κ1) is 22.5. The van der Waals surface area contributed by atoms with Gasteiger partial charge in [-0.3, -0.25) is 0 Å². The maximum Gasteiger partial charge on any atom is 0.155 e. The Morgan fingerprint density at radius 3 is 1.15 bits per heavy atom. The van der Waals surface area contributed by atoms with E-state index in [2.05, 4.69) is 72.8 Å². The summed E-state index contributed by atoms with van der Waals surface area (Å²) in [6.07, 6.45) is 0. The smallest absolute Gasteiger partial charge is 0.155 e.